The highest BCUT2D eigenvalue weighted by Gasteiger charge is 2.21. The van der Waals surface area contributed by atoms with Gasteiger partial charge in [-0.3, -0.25) is 14.9 Å². The van der Waals surface area contributed by atoms with Crippen molar-refractivity contribution in [1.29, 1.82) is 0 Å². The third-order valence-electron chi connectivity index (χ3n) is 2.99. The van der Waals surface area contributed by atoms with Crippen LogP contribution in [0.1, 0.15) is 23.2 Å². The summed E-state index contributed by atoms with van der Waals surface area (Å²) in [5.74, 6) is -0.784. The average molecular weight is 282 g/mol. The Morgan fingerprint density at radius 1 is 1.50 bits per heavy atom. The van der Waals surface area contributed by atoms with Crippen LogP contribution in [0.15, 0.2) is 18.2 Å². The van der Waals surface area contributed by atoms with Gasteiger partial charge in [-0.05, 0) is 30.9 Å². The van der Waals surface area contributed by atoms with Crippen LogP contribution in [0, 0.1) is 21.8 Å². The van der Waals surface area contributed by atoms with Gasteiger partial charge in [0.15, 0.2) is 0 Å². The number of nitro groups is 1. The van der Waals surface area contributed by atoms with Gasteiger partial charge in [-0.15, -0.1) is 0 Å². The molecule has 0 radical (unpaired) electrons. The van der Waals surface area contributed by atoms with E-state index in [0.717, 1.165) is 12.1 Å². The van der Waals surface area contributed by atoms with Crippen molar-refractivity contribution in [3.8, 4) is 0 Å². The number of halogens is 1. The fraction of sp³-hybridized carbons (Fsp3) is 0.462. The zero-order valence-corrected chi connectivity index (χ0v) is 10.8. The standard InChI is InChI=1S/C13H15FN2O4/c14-11-4-3-10(7-12(11)16(18)19)13(17)15-5-6-20-8-9-1-2-9/h3-4,7,9H,1-2,5-6,8H2,(H,15,17). The van der Waals surface area contributed by atoms with Crippen LogP contribution < -0.4 is 5.32 Å². The lowest BCUT2D eigenvalue weighted by Crippen LogP contribution is -2.27. The molecule has 2 rings (SSSR count). The molecule has 1 aromatic carbocycles. The molecular formula is C13H15FN2O4. The lowest BCUT2D eigenvalue weighted by molar-refractivity contribution is -0.387. The third kappa shape index (κ3) is 3.99. The molecular weight excluding hydrogens is 267 g/mol. The molecule has 20 heavy (non-hydrogen) atoms. The van der Waals surface area contributed by atoms with E-state index >= 15 is 0 Å². The SMILES string of the molecule is O=C(NCCOCC1CC1)c1ccc(F)c([N+](=O)[O-])c1. The molecule has 1 saturated carbocycles. The Balaban J connectivity index is 1.81. The molecule has 1 aromatic rings. The Hall–Kier alpha value is -2.02. The number of carbonyl (C=O) groups excluding carboxylic acids is 1. The van der Waals surface area contributed by atoms with Crippen molar-refractivity contribution < 1.29 is 18.8 Å². The van der Waals surface area contributed by atoms with Gasteiger partial charge in [-0.25, -0.2) is 0 Å². The van der Waals surface area contributed by atoms with Gasteiger partial charge in [0.2, 0.25) is 5.82 Å². The molecule has 108 valence electrons. The molecule has 7 heteroatoms. The second-order valence-electron chi connectivity index (χ2n) is 4.70. The van der Waals surface area contributed by atoms with Crippen molar-refractivity contribution in [2.24, 2.45) is 5.92 Å². The van der Waals surface area contributed by atoms with Gasteiger partial charge in [0.25, 0.3) is 5.91 Å². The number of nitrogens with zero attached hydrogens (tertiary/aromatic N) is 1. The number of nitro benzene ring substituents is 1. The minimum atomic E-state index is -0.959. The van der Waals surface area contributed by atoms with Crippen molar-refractivity contribution >= 4 is 11.6 Å². The molecule has 0 spiro atoms. The van der Waals surface area contributed by atoms with Crippen LogP contribution in [0.5, 0.6) is 0 Å². The Morgan fingerprint density at radius 2 is 2.25 bits per heavy atom. The Labute approximate surface area is 115 Å². The summed E-state index contributed by atoms with van der Waals surface area (Å²) in [5, 5.41) is 13.1. The van der Waals surface area contributed by atoms with Crippen LogP contribution in [0.3, 0.4) is 0 Å². The minimum Gasteiger partial charge on any atom is -0.379 e. The maximum absolute atomic E-state index is 13.1. The van der Waals surface area contributed by atoms with Gasteiger partial charge in [0.05, 0.1) is 11.5 Å². The number of hydrogen-bond donors (Lipinski definition) is 1. The molecule has 1 aliphatic carbocycles. The van der Waals surface area contributed by atoms with E-state index in [1.54, 1.807) is 0 Å². The summed E-state index contributed by atoms with van der Waals surface area (Å²) in [6.07, 6.45) is 2.40. The second kappa shape index (κ2) is 6.42. The lowest BCUT2D eigenvalue weighted by Gasteiger charge is -2.06. The number of hydrogen-bond acceptors (Lipinski definition) is 4. The molecule has 1 N–H and O–H groups in total. The summed E-state index contributed by atoms with van der Waals surface area (Å²) in [6.45, 7) is 1.42. The summed E-state index contributed by atoms with van der Waals surface area (Å²) in [7, 11) is 0. The van der Waals surface area contributed by atoms with E-state index in [4.69, 9.17) is 4.74 Å². The topological polar surface area (TPSA) is 81.5 Å². The molecule has 0 aliphatic heterocycles. The number of nitrogens with one attached hydrogen (secondary N) is 1. The summed E-state index contributed by atoms with van der Waals surface area (Å²) in [5.41, 5.74) is -0.650. The molecule has 0 bridgehead atoms. The molecule has 0 aromatic heterocycles. The van der Waals surface area contributed by atoms with Crippen molar-refractivity contribution in [2.75, 3.05) is 19.8 Å². The highest BCUT2D eigenvalue weighted by Crippen LogP contribution is 2.28. The smallest absolute Gasteiger partial charge is 0.305 e. The second-order valence-corrected chi connectivity index (χ2v) is 4.70. The number of rotatable bonds is 7. The zero-order chi connectivity index (χ0) is 14.5. The van der Waals surface area contributed by atoms with E-state index in [-0.39, 0.29) is 5.56 Å². The van der Waals surface area contributed by atoms with Crippen LogP contribution in [0.4, 0.5) is 10.1 Å². The molecule has 0 heterocycles. The first kappa shape index (κ1) is 14.4. The maximum atomic E-state index is 13.1. The molecule has 1 fully saturated rings. The van der Waals surface area contributed by atoms with Gasteiger partial charge in [0.1, 0.15) is 0 Å². The van der Waals surface area contributed by atoms with Gasteiger partial charge in [-0.2, -0.15) is 4.39 Å². The van der Waals surface area contributed by atoms with Crippen LogP contribution in [-0.4, -0.2) is 30.6 Å². The van der Waals surface area contributed by atoms with Crippen LogP contribution >= 0.6 is 0 Å². The fourth-order valence-electron chi connectivity index (χ4n) is 1.67. The van der Waals surface area contributed by atoms with E-state index in [1.807, 2.05) is 0 Å². The van der Waals surface area contributed by atoms with Crippen molar-refractivity contribution in [3.63, 3.8) is 0 Å². The van der Waals surface area contributed by atoms with Crippen LogP contribution in [0.2, 0.25) is 0 Å². The van der Waals surface area contributed by atoms with E-state index in [9.17, 15) is 19.3 Å². The summed E-state index contributed by atoms with van der Waals surface area (Å²) in [6, 6.07) is 3.05. The van der Waals surface area contributed by atoms with Gasteiger partial charge < -0.3 is 10.1 Å². The molecule has 6 nitrogen and oxygen atoms in total. The van der Waals surface area contributed by atoms with E-state index in [1.165, 1.54) is 18.9 Å². The minimum absolute atomic E-state index is 0.0558. The summed E-state index contributed by atoms with van der Waals surface area (Å²) < 4.78 is 18.5. The average Bonchev–Trinajstić information content (AvgIpc) is 3.22. The van der Waals surface area contributed by atoms with Crippen LogP contribution in [-0.2, 0) is 4.74 Å². The molecule has 1 aliphatic rings. The quantitative estimate of drug-likeness (QED) is 0.470. The van der Waals surface area contributed by atoms with Crippen molar-refractivity contribution in [2.45, 2.75) is 12.8 Å². The molecule has 0 saturated heterocycles. The molecule has 1 amide bonds. The number of amides is 1. The van der Waals surface area contributed by atoms with E-state index < -0.39 is 22.3 Å². The first-order valence-electron chi connectivity index (χ1n) is 6.38. The highest BCUT2D eigenvalue weighted by molar-refractivity contribution is 5.94. The molecule has 0 unspecified atom stereocenters. The van der Waals surface area contributed by atoms with Crippen molar-refractivity contribution in [3.05, 3.63) is 39.7 Å². The normalized spacial score (nSPS) is 14.1. The number of benzene rings is 1. The molecule has 0 atom stereocenters. The Kier molecular flexibility index (Phi) is 4.62. The lowest BCUT2D eigenvalue weighted by atomic mass is 10.2. The largest absolute Gasteiger partial charge is 0.379 e. The Morgan fingerprint density at radius 3 is 2.90 bits per heavy atom. The van der Waals surface area contributed by atoms with E-state index in [0.29, 0.717) is 25.7 Å². The first-order valence-corrected chi connectivity index (χ1v) is 6.38. The van der Waals surface area contributed by atoms with Gasteiger partial charge in [0, 0.05) is 24.8 Å². The van der Waals surface area contributed by atoms with Crippen molar-refractivity contribution in [1.82, 2.24) is 5.32 Å². The predicted octanol–water partition coefficient (Wildman–Crippen LogP) is 1.89. The monoisotopic (exact) mass is 282 g/mol. The summed E-state index contributed by atoms with van der Waals surface area (Å²) in [4.78, 5) is 21.5. The maximum Gasteiger partial charge on any atom is 0.305 e. The predicted molar refractivity (Wildman–Crippen MR) is 68.9 cm³/mol. The number of carbonyl (C=O) groups is 1. The van der Waals surface area contributed by atoms with Gasteiger partial charge >= 0.3 is 5.69 Å². The highest BCUT2D eigenvalue weighted by atomic mass is 19.1. The van der Waals surface area contributed by atoms with Gasteiger partial charge in [-0.1, -0.05) is 0 Å². The number of ether oxygens (including phenoxy) is 1. The zero-order valence-electron chi connectivity index (χ0n) is 10.8. The Bertz CT molecular complexity index is 517. The van der Waals surface area contributed by atoms with E-state index in [2.05, 4.69) is 5.32 Å². The fourth-order valence-corrected chi connectivity index (χ4v) is 1.67. The summed E-state index contributed by atoms with van der Waals surface area (Å²) >= 11 is 0. The van der Waals surface area contributed by atoms with Crippen LogP contribution in [0.25, 0.3) is 0 Å². The first-order chi connectivity index (χ1) is 9.58. The third-order valence-corrected chi connectivity index (χ3v) is 2.99.